The van der Waals surface area contributed by atoms with E-state index in [9.17, 15) is 5.11 Å². The van der Waals surface area contributed by atoms with E-state index in [0.29, 0.717) is 0 Å². The molecule has 0 aromatic carbocycles. The van der Waals surface area contributed by atoms with Crippen molar-refractivity contribution in [3.8, 4) is 0 Å². The van der Waals surface area contributed by atoms with Crippen molar-refractivity contribution in [1.29, 1.82) is 0 Å². The fraction of sp³-hybridized carbons (Fsp3) is 1.00. The number of rotatable bonds is 2. The maximum Gasteiger partial charge on any atom is 0.108 e. The zero-order valence-electron chi connectivity index (χ0n) is 4.10. The van der Waals surface area contributed by atoms with Crippen LogP contribution in [0.3, 0.4) is 0 Å². The summed E-state index contributed by atoms with van der Waals surface area (Å²) in [6, 6.07) is 0. The molecule has 1 radical (unpaired) electrons. The minimum absolute atomic E-state index is 0.120. The van der Waals surface area contributed by atoms with E-state index in [1.165, 1.54) is 7.11 Å². The van der Waals surface area contributed by atoms with Crippen molar-refractivity contribution in [1.82, 2.24) is 0 Å². The maximum absolute atomic E-state index is 9.74. The van der Waals surface area contributed by atoms with E-state index in [0.717, 1.165) is 0 Å². The lowest BCUT2D eigenvalue weighted by atomic mass is 10.4. The van der Waals surface area contributed by atoms with Gasteiger partial charge in [0.25, 0.3) is 0 Å². The van der Waals surface area contributed by atoms with Crippen LogP contribution in [0, 0.1) is 0 Å². The summed E-state index contributed by atoms with van der Waals surface area (Å²) in [6.45, 7) is 1.60. The highest BCUT2D eigenvalue weighted by molar-refractivity contribution is 4.38. The molecule has 0 unspecified atom stereocenters. The second-order valence-corrected chi connectivity index (χ2v) is 1.21. The predicted octanol–water partition coefficient (Wildman–Crippen LogP) is 0.452. The van der Waals surface area contributed by atoms with Gasteiger partial charge in [0, 0.05) is 7.11 Å². The second-order valence-electron chi connectivity index (χ2n) is 1.21. The quantitative estimate of drug-likeness (QED) is 0.483. The number of hydrogen-bond donors (Lipinski definition) is 0. The van der Waals surface area contributed by atoms with Gasteiger partial charge in [0.05, 0.1) is 6.10 Å². The van der Waals surface area contributed by atoms with Gasteiger partial charge in [0.15, 0.2) is 0 Å². The van der Waals surface area contributed by atoms with Crippen LogP contribution in [-0.2, 0) is 9.84 Å². The summed E-state index contributed by atoms with van der Waals surface area (Å²) >= 11 is 0. The first-order valence-electron chi connectivity index (χ1n) is 1.92. The summed E-state index contributed by atoms with van der Waals surface area (Å²) in [5.74, 6) is 0. The lowest BCUT2D eigenvalue weighted by Crippen LogP contribution is -2.07. The van der Waals surface area contributed by atoms with Gasteiger partial charge in [0.1, 0.15) is 6.61 Å². The molecule has 0 spiro atoms. The molecule has 0 amide bonds. The van der Waals surface area contributed by atoms with E-state index in [2.05, 4.69) is 4.74 Å². The third kappa shape index (κ3) is 2.18. The highest BCUT2D eigenvalue weighted by Gasteiger charge is 1.91. The number of hydrogen-bond acceptors (Lipinski definition) is 1. The first-order chi connectivity index (χ1) is 2.81. The van der Waals surface area contributed by atoms with E-state index >= 15 is 0 Å². The molecule has 0 bridgehead atoms. The van der Waals surface area contributed by atoms with Gasteiger partial charge in [-0.3, -0.25) is 0 Å². The smallest absolute Gasteiger partial charge is 0.108 e. The van der Waals surface area contributed by atoms with Crippen molar-refractivity contribution in [3.05, 3.63) is 0 Å². The molecular weight excluding hydrogens is 80.0 g/mol. The van der Waals surface area contributed by atoms with Gasteiger partial charge in [-0.2, -0.15) is 0 Å². The molecule has 0 aliphatic carbocycles. The highest BCUT2D eigenvalue weighted by atomic mass is 16.5. The lowest BCUT2D eigenvalue weighted by Gasteiger charge is -1.99. The van der Waals surface area contributed by atoms with Crippen LogP contribution in [0.1, 0.15) is 6.92 Å². The fourth-order valence-corrected chi connectivity index (χ4v) is 0.0680. The number of methoxy groups -OCH3 is 1. The average Bonchev–Trinajstić information content (AvgIpc) is 1.65. The molecule has 0 N–H and O–H groups in total. The fourth-order valence-electron chi connectivity index (χ4n) is 0.0680. The molecule has 6 heavy (non-hydrogen) atoms. The van der Waals surface area contributed by atoms with E-state index in [1.807, 2.05) is 0 Å². The van der Waals surface area contributed by atoms with Gasteiger partial charge in [-0.25, -0.2) is 5.11 Å². The molecule has 0 fully saturated rings. The third-order valence-electron chi connectivity index (χ3n) is 0.637. The molecule has 2 heteroatoms. The number of ether oxygens (including phenoxy) is 1. The predicted molar refractivity (Wildman–Crippen MR) is 22.0 cm³/mol. The summed E-state index contributed by atoms with van der Waals surface area (Å²) in [4.78, 5) is 0. The van der Waals surface area contributed by atoms with E-state index in [-0.39, 0.29) is 12.7 Å². The standard InChI is InChI=1S/C4H9O2/c1-4(3-5)6-2/h4H,3H2,1-2H3/t4-/m1/s1. The normalized spacial score (nSPS) is 14.5. The van der Waals surface area contributed by atoms with Crippen LogP contribution in [0.25, 0.3) is 0 Å². The Morgan fingerprint density at radius 3 is 2.33 bits per heavy atom. The molecule has 0 aliphatic rings. The zero-order valence-corrected chi connectivity index (χ0v) is 4.10. The van der Waals surface area contributed by atoms with Crippen LogP contribution in [0.2, 0.25) is 0 Å². The lowest BCUT2D eigenvalue weighted by molar-refractivity contribution is 0.0321. The summed E-state index contributed by atoms with van der Waals surface area (Å²) in [5, 5.41) is 9.74. The molecule has 0 rings (SSSR count). The molecule has 0 saturated heterocycles. The Hall–Kier alpha value is -0.0800. The van der Waals surface area contributed by atoms with Gasteiger partial charge in [-0.15, -0.1) is 0 Å². The summed E-state index contributed by atoms with van der Waals surface area (Å²) < 4.78 is 4.59. The van der Waals surface area contributed by atoms with Crippen LogP contribution in [-0.4, -0.2) is 19.8 Å². The van der Waals surface area contributed by atoms with E-state index in [1.54, 1.807) is 6.92 Å². The van der Waals surface area contributed by atoms with Crippen molar-refractivity contribution in [2.75, 3.05) is 13.7 Å². The SMILES string of the molecule is CO[C@H](C)C[O]. The molecule has 1 atom stereocenters. The first-order valence-corrected chi connectivity index (χ1v) is 1.92. The minimum atomic E-state index is -0.142. The first kappa shape index (κ1) is 5.92. The highest BCUT2D eigenvalue weighted by Crippen LogP contribution is 1.80. The maximum atomic E-state index is 9.74. The molecule has 37 valence electrons. The molecule has 2 nitrogen and oxygen atoms in total. The third-order valence-corrected chi connectivity index (χ3v) is 0.637. The average molecular weight is 89.1 g/mol. The molecule has 0 aromatic rings. The molecule has 0 saturated carbocycles. The van der Waals surface area contributed by atoms with Gasteiger partial charge >= 0.3 is 0 Å². The monoisotopic (exact) mass is 89.1 g/mol. The molecule has 0 aromatic heterocycles. The van der Waals surface area contributed by atoms with Crippen LogP contribution in [0.5, 0.6) is 0 Å². The Labute approximate surface area is 37.7 Å². The topological polar surface area (TPSA) is 29.1 Å². The minimum Gasteiger partial charge on any atom is -0.379 e. The Balaban J connectivity index is 2.75. The Morgan fingerprint density at radius 1 is 1.83 bits per heavy atom. The van der Waals surface area contributed by atoms with Crippen molar-refractivity contribution in [2.45, 2.75) is 13.0 Å². The van der Waals surface area contributed by atoms with Gasteiger partial charge in [0.2, 0.25) is 0 Å². The molecule has 0 aliphatic heterocycles. The van der Waals surface area contributed by atoms with E-state index < -0.39 is 0 Å². The van der Waals surface area contributed by atoms with Crippen molar-refractivity contribution in [2.24, 2.45) is 0 Å². The zero-order chi connectivity index (χ0) is 4.99. The Bertz CT molecular complexity index is 24.7. The van der Waals surface area contributed by atoms with Gasteiger partial charge in [-0.1, -0.05) is 0 Å². The summed E-state index contributed by atoms with van der Waals surface area (Å²) in [5.41, 5.74) is 0. The largest absolute Gasteiger partial charge is 0.379 e. The second kappa shape index (κ2) is 3.12. The van der Waals surface area contributed by atoms with E-state index in [4.69, 9.17) is 0 Å². The van der Waals surface area contributed by atoms with Crippen LogP contribution in [0.4, 0.5) is 0 Å². The van der Waals surface area contributed by atoms with Crippen molar-refractivity contribution >= 4 is 0 Å². The van der Waals surface area contributed by atoms with Crippen molar-refractivity contribution in [3.63, 3.8) is 0 Å². The van der Waals surface area contributed by atoms with Crippen LogP contribution < -0.4 is 0 Å². The summed E-state index contributed by atoms with van der Waals surface area (Å²) in [6.07, 6.45) is -0.120. The Morgan fingerprint density at radius 2 is 2.33 bits per heavy atom. The molecule has 0 heterocycles. The van der Waals surface area contributed by atoms with Crippen LogP contribution in [0.15, 0.2) is 0 Å². The molecular formula is C4H9O2. The summed E-state index contributed by atoms with van der Waals surface area (Å²) in [7, 11) is 1.53. The van der Waals surface area contributed by atoms with Crippen molar-refractivity contribution < 1.29 is 9.84 Å². The van der Waals surface area contributed by atoms with Gasteiger partial charge < -0.3 is 4.74 Å². The van der Waals surface area contributed by atoms with Gasteiger partial charge in [-0.05, 0) is 6.92 Å². The Kier molecular flexibility index (Phi) is 3.08. The van der Waals surface area contributed by atoms with Crippen LogP contribution >= 0.6 is 0 Å².